The molecule has 0 atom stereocenters. The quantitative estimate of drug-likeness (QED) is 0.786. The van der Waals surface area contributed by atoms with Crippen molar-refractivity contribution in [1.29, 1.82) is 0 Å². The van der Waals surface area contributed by atoms with Crippen molar-refractivity contribution in [3.8, 4) is 0 Å². The van der Waals surface area contributed by atoms with Gasteiger partial charge in [0.25, 0.3) is 5.91 Å². The van der Waals surface area contributed by atoms with E-state index in [1.54, 1.807) is 18.1 Å². The highest BCUT2D eigenvalue weighted by Gasteiger charge is 2.32. The third kappa shape index (κ3) is 4.43. The summed E-state index contributed by atoms with van der Waals surface area (Å²) in [4.78, 5) is 16.7. The van der Waals surface area contributed by atoms with E-state index >= 15 is 0 Å². The van der Waals surface area contributed by atoms with Crippen LogP contribution in [0.2, 0.25) is 0 Å². The van der Waals surface area contributed by atoms with Crippen molar-refractivity contribution in [3.63, 3.8) is 0 Å². The first-order valence-electron chi connectivity index (χ1n) is 8.61. The molecule has 2 aromatic rings. The van der Waals surface area contributed by atoms with Crippen LogP contribution in [0.25, 0.3) is 0 Å². The molecule has 0 bridgehead atoms. The van der Waals surface area contributed by atoms with Gasteiger partial charge in [-0.3, -0.25) is 4.79 Å². The standard InChI is InChI=1S/C18H25N5O2/c1-25-12-18(6-8-19-9-7-18)11-21-17(24)16-5-3-2-4-15(16)10-23-14-20-13-22-23/h2-5,13-14,19H,6-12H2,1H3,(H,21,24). The molecule has 2 N–H and O–H groups in total. The fraction of sp³-hybridized carbons (Fsp3) is 0.500. The smallest absolute Gasteiger partial charge is 0.251 e. The summed E-state index contributed by atoms with van der Waals surface area (Å²) in [6, 6.07) is 7.62. The van der Waals surface area contributed by atoms with Crippen molar-refractivity contribution in [2.24, 2.45) is 5.41 Å². The van der Waals surface area contributed by atoms with Crippen LogP contribution in [0.5, 0.6) is 0 Å². The molecule has 3 rings (SSSR count). The molecular formula is C18H25N5O2. The fourth-order valence-electron chi connectivity index (χ4n) is 3.37. The predicted molar refractivity (Wildman–Crippen MR) is 94.3 cm³/mol. The van der Waals surface area contributed by atoms with Gasteiger partial charge in [-0.2, -0.15) is 5.10 Å². The number of amides is 1. The van der Waals surface area contributed by atoms with E-state index in [0.717, 1.165) is 31.5 Å². The summed E-state index contributed by atoms with van der Waals surface area (Å²) in [5, 5.41) is 10.6. The van der Waals surface area contributed by atoms with Crippen molar-refractivity contribution in [1.82, 2.24) is 25.4 Å². The third-order valence-corrected chi connectivity index (χ3v) is 4.80. The summed E-state index contributed by atoms with van der Waals surface area (Å²) >= 11 is 0. The molecule has 0 aliphatic carbocycles. The first-order chi connectivity index (χ1) is 12.2. The Morgan fingerprint density at radius 2 is 2.16 bits per heavy atom. The van der Waals surface area contributed by atoms with Crippen LogP contribution in [0.1, 0.15) is 28.8 Å². The summed E-state index contributed by atoms with van der Waals surface area (Å²) in [7, 11) is 1.72. The SMILES string of the molecule is COCC1(CNC(=O)c2ccccc2Cn2cncn2)CCNCC1. The minimum Gasteiger partial charge on any atom is -0.384 e. The van der Waals surface area contributed by atoms with Gasteiger partial charge in [0.2, 0.25) is 0 Å². The topological polar surface area (TPSA) is 81.1 Å². The summed E-state index contributed by atoms with van der Waals surface area (Å²) in [5.74, 6) is -0.0512. The van der Waals surface area contributed by atoms with Crippen LogP contribution in [0, 0.1) is 5.41 Å². The van der Waals surface area contributed by atoms with Gasteiger partial charge in [0.1, 0.15) is 12.7 Å². The molecule has 1 saturated heterocycles. The molecule has 1 aromatic heterocycles. The van der Waals surface area contributed by atoms with Crippen molar-refractivity contribution < 1.29 is 9.53 Å². The molecule has 0 unspecified atom stereocenters. The lowest BCUT2D eigenvalue weighted by molar-refractivity contribution is 0.0511. The maximum Gasteiger partial charge on any atom is 0.251 e. The zero-order valence-corrected chi connectivity index (χ0v) is 14.6. The van der Waals surface area contributed by atoms with Crippen molar-refractivity contribution in [2.75, 3.05) is 33.4 Å². The second-order valence-electron chi connectivity index (χ2n) is 6.62. The minimum atomic E-state index is -0.0512. The normalized spacial score (nSPS) is 16.5. The van der Waals surface area contributed by atoms with Crippen LogP contribution in [0.3, 0.4) is 0 Å². The number of hydrogen-bond donors (Lipinski definition) is 2. The number of hydrogen-bond acceptors (Lipinski definition) is 5. The number of carbonyl (C=O) groups is 1. The highest BCUT2D eigenvalue weighted by molar-refractivity contribution is 5.95. The Kier molecular flexibility index (Phi) is 5.78. The van der Waals surface area contributed by atoms with E-state index in [9.17, 15) is 4.79 Å². The molecule has 0 saturated carbocycles. The van der Waals surface area contributed by atoms with E-state index in [4.69, 9.17) is 4.74 Å². The van der Waals surface area contributed by atoms with Gasteiger partial charge in [0, 0.05) is 24.6 Å². The number of rotatable bonds is 7. The molecule has 25 heavy (non-hydrogen) atoms. The van der Waals surface area contributed by atoms with E-state index in [1.165, 1.54) is 6.33 Å². The maximum absolute atomic E-state index is 12.8. The van der Waals surface area contributed by atoms with Crippen LogP contribution in [-0.2, 0) is 11.3 Å². The zero-order valence-electron chi connectivity index (χ0n) is 14.6. The molecular weight excluding hydrogens is 318 g/mol. The van der Waals surface area contributed by atoms with E-state index in [-0.39, 0.29) is 11.3 Å². The average molecular weight is 343 g/mol. The lowest BCUT2D eigenvalue weighted by Crippen LogP contribution is -2.47. The number of benzene rings is 1. The van der Waals surface area contributed by atoms with Crippen molar-refractivity contribution >= 4 is 5.91 Å². The number of methoxy groups -OCH3 is 1. The van der Waals surface area contributed by atoms with E-state index < -0.39 is 0 Å². The molecule has 7 heteroatoms. The van der Waals surface area contributed by atoms with Gasteiger partial charge in [-0.1, -0.05) is 18.2 Å². The summed E-state index contributed by atoms with van der Waals surface area (Å²) in [6.07, 6.45) is 5.15. The molecule has 1 amide bonds. The number of piperidine rings is 1. The largest absolute Gasteiger partial charge is 0.384 e. The van der Waals surface area contributed by atoms with Gasteiger partial charge in [0.05, 0.1) is 13.2 Å². The molecule has 2 heterocycles. The number of ether oxygens (including phenoxy) is 1. The fourth-order valence-corrected chi connectivity index (χ4v) is 3.37. The molecule has 0 radical (unpaired) electrons. The van der Waals surface area contributed by atoms with Crippen LogP contribution in [0.15, 0.2) is 36.9 Å². The Balaban J connectivity index is 1.68. The number of nitrogens with zero attached hydrogens (tertiary/aromatic N) is 3. The number of nitrogens with one attached hydrogen (secondary N) is 2. The van der Waals surface area contributed by atoms with E-state index in [1.807, 2.05) is 24.3 Å². The number of carbonyl (C=O) groups excluding carboxylic acids is 1. The second kappa shape index (κ2) is 8.22. The third-order valence-electron chi connectivity index (χ3n) is 4.80. The van der Waals surface area contributed by atoms with Gasteiger partial charge < -0.3 is 15.4 Å². The lowest BCUT2D eigenvalue weighted by atomic mass is 9.79. The Morgan fingerprint density at radius 1 is 1.36 bits per heavy atom. The Hall–Kier alpha value is -2.25. The van der Waals surface area contributed by atoms with Crippen LogP contribution in [0.4, 0.5) is 0 Å². The predicted octanol–water partition coefficient (Wildman–Crippen LogP) is 1.07. The number of aromatic nitrogens is 3. The first kappa shape index (κ1) is 17.6. The second-order valence-corrected chi connectivity index (χ2v) is 6.62. The molecule has 1 fully saturated rings. The van der Waals surface area contributed by atoms with Gasteiger partial charge in [0.15, 0.2) is 0 Å². The Morgan fingerprint density at radius 3 is 2.88 bits per heavy atom. The molecule has 1 aliphatic heterocycles. The Labute approximate surface area is 147 Å². The first-order valence-corrected chi connectivity index (χ1v) is 8.61. The Bertz CT molecular complexity index is 675. The zero-order chi connectivity index (χ0) is 17.5. The molecule has 1 aliphatic rings. The van der Waals surface area contributed by atoms with Crippen molar-refractivity contribution in [3.05, 3.63) is 48.0 Å². The minimum absolute atomic E-state index is 0.0104. The highest BCUT2D eigenvalue weighted by Crippen LogP contribution is 2.28. The molecule has 0 spiro atoms. The lowest BCUT2D eigenvalue weighted by Gasteiger charge is -2.37. The van der Waals surface area contributed by atoms with Gasteiger partial charge in [-0.15, -0.1) is 0 Å². The van der Waals surface area contributed by atoms with Crippen molar-refractivity contribution in [2.45, 2.75) is 19.4 Å². The molecule has 1 aromatic carbocycles. The molecule has 134 valence electrons. The average Bonchev–Trinajstić information content (AvgIpc) is 3.14. The van der Waals surface area contributed by atoms with Gasteiger partial charge >= 0.3 is 0 Å². The monoisotopic (exact) mass is 343 g/mol. The van der Waals surface area contributed by atoms with Gasteiger partial charge in [-0.05, 0) is 37.6 Å². The van der Waals surface area contributed by atoms with Crippen LogP contribution in [-0.4, -0.2) is 54.0 Å². The summed E-state index contributed by atoms with van der Waals surface area (Å²) < 4.78 is 7.13. The van der Waals surface area contributed by atoms with E-state index in [2.05, 4.69) is 20.7 Å². The van der Waals surface area contributed by atoms with Crippen LogP contribution < -0.4 is 10.6 Å². The maximum atomic E-state index is 12.8. The highest BCUT2D eigenvalue weighted by atomic mass is 16.5. The van der Waals surface area contributed by atoms with Gasteiger partial charge in [-0.25, -0.2) is 9.67 Å². The van der Waals surface area contributed by atoms with E-state index in [0.29, 0.717) is 25.3 Å². The van der Waals surface area contributed by atoms with Crippen LogP contribution >= 0.6 is 0 Å². The molecule has 7 nitrogen and oxygen atoms in total. The summed E-state index contributed by atoms with van der Waals surface area (Å²) in [5.41, 5.74) is 1.62. The summed E-state index contributed by atoms with van der Waals surface area (Å²) in [6.45, 7) is 3.73.